The predicted octanol–water partition coefficient (Wildman–Crippen LogP) is 0.982. The molecule has 0 aromatic rings. The normalized spacial score (nSPS) is 18.5. The molecule has 1 atom stereocenters. The third-order valence-corrected chi connectivity index (χ3v) is 3.41. The molecule has 0 heterocycles. The highest BCUT2D eigenvalue weighted by Crippen LogP contribution is 2.50. The highest BCUT2D eigenvalue weighted by atomic mass is 16.5. The van der Waals surface area contributed by atoms with Crippen LogP contribution in [0.5, 0.6) is 0 Å². The molecule has 1 unspecified atom stereocenters. The second-order valence-corrected chi connectivity index (χ2v) is 4.95. The Morgan fingerprint density at radius 1 is 1.47 bits per heavy atom. The average Bonchev–Trinajstić information content (AvgIpc) is 3.06. The van der Waals surface area contributed by atoms with Crippen molar-refractivity contribution in [2.24, 2.45) is 11.3 Å². The molecule has 0 radical (unpaired) electrons. The van der Waals surface area contributed by atoms with Gasteiger partial charge in [-0.05, 0) is 19.3 Å². The number of amides is 1. The van der Waals surface area contributed by atoms with Gasteiger partial charge in [-0.3, -0.25) is 9.59 Å². The summed E-state index contributed by atoms with van der Waals surface area (Å²) in [5, 5.41) is 8.81. The highest BCUT2D eigenvalue weighted by Gasteiger charge is 2.50. The molecule has 0 aromatic carbocycles. The maximum Gasteiger partial charge on any atom is 0.308 e. The van der Waals surface area contributed by atoms with Crippen LogP contribution in [0.4, 0.5) is 0 Å². The van der Waals surface area contributed by atoms with Gasteiger partial charge in [0, 0.05) is 27.3 Å². The fraction of sp³-hybridized carbons (Fsp3) is 0.833. The molecule has 17 heavy (non-hydrogen) atoms. The largest absolute Gasteiger partial charge is 0.481 e. The van der Waals surface area contributed by atoms with Gasteiger partial charge >= 0.3 is 5.97 Å². The van der Waals surface area contributed by atoms with E-state index in [4.69, 9.17) is 9.84 Å². The van der Waals surface area contributed by atoms with Crippen molar-refractivity contribution in [2.45, 2.75) is 26.2 Å². The molecule has 1 rings (SSSR count). The predicted molar refractivity (Wildman–Crippen MR) is 62.6 cm³/mol. The summed E-state index contributed by atoms with van der Waals surface area (Å²) in [4.78, 5) is 24.4. The third kappa shape index (κ3) is 3.43. The molecule has 98 valence electrons. The number of carboxylic acids is 1. The second-order valence-electron chi connectivity index (χ2n) is 4.95. The highest BCUT2D eigenvalue weighted by molar-refractivity contribution is 5.85. The van der Waals surface area contributed by atoms with Crippen molar-refractivity contribution in [3.63, 3.8) is 0 Å². The number of hydrogen-bond acceptors (Lipinski definition) is 3. The number of carbonyl (C=O) groups is 2. The van der Waals surface area contributed by atoms with Crippen LogP contribution in [0.2, 0.25) is 0 Å². The molecule has 1 amide bonds. The Bertz CT molecular complexity index is 299. The van der Waals surface area contributed by atoms with Crippen LogP contribution in [0, 0.1) is 11.3 Å². The standard InChI is InChI=1S/C12H21NO4/c1-9(10(14)15)8-13(2)11(16)12(4-5-12)6-7-17-3/h9H,4-8H2,1-3H3,(H,14,15). The zero-order valence-electron chi connectivity index (χ0n) is 10.7. The Hall–Kier alpha value is -1.10. The number of methoxy groups -OCH3 is 1. The molecule has 1 saturated carbocycles. The van der Waals surface area contributed by atoms with Crippen LogP contribution in [0.1, 0.15) is 26.2 Å². The summed E-state index contributed by atoms with van der Waals surface area (Å²) in [6, 6.07) is 0. The summed E-state index contributed by atoms with van der Waals surface area (Å²) in [6.45, 7) is 2.46. The van der Waals surface area contributed by atoms with E-state index in [1.165, 1.54) is 0 Å². The molecular weight excluding hydrogens is 222 g/mol. The quantitative estimate of drug-likeness (QED) is 0.724. The Labute approximate surface area is 102 Å². The lowest BCUT2D eigenvalue weighted by molar-refractivity contribution is -0.144. The molecule has 0 bridgehead atoms. The number of aliphatic carboxylic acids is 1. The first-order chi connectivity index (χ1) is 7.93. The van der Waals surface area contributed by atoms with Gasteiger partial charge in [0.05, 0.1) is 11.3 Å². The van der Waals surface area contributed by atoms with E-state index in [1.54, 1.807) is 26.0 Å². The number of nitrogens with zero attached hydrogens (tertiary/aromatic N) is 1. The van der Waals surface area contributed by atoms with Gasteiger partial charge in [0.15, 0.2) is 0 Å². The number of rotatable bonds is 7. The Kier molecular flexibility index (Phi) is 4.51. The first-order valence-electron chi connectivity index (χ1n) is 5.90. The molecule has 0 aliphatic heterocycles. The van der Waals surface area contributed by atoms with Crippen molar-refractivity contribution < 1.29 is 19.4 Å². The van der Waals surface area contributed by atoms with Gasteiger partial charge in [-0.2, -0.15) is 0 Å². The summed E-state index contributed by atoms with van der Waals surface area (Å²) in [6.07, 6.45) is 2.51. The summed E-state index contributed by atoms with van der Waals surface area (Å²) in [7, 11) is 3.30. The SMILES string of the molecule is COCCC1(C(=O)N(C)CC(C)C(=O)O)CC1. The van der Waals surface area contributed by atoms with E-state index in [2.05, 4.69) is 0 Å². The number of carbonyl (C=O) groups excluding carboxylic acids is 1. The van der Waals surface area contributed by atoms with Crippen molar-refractivity contribution >= 4 is 11.9 Å². The minimum absolute atomic E-state index is 0.0580. The van der Waals surface area contributed by atoms with E-state index < -0.39 is 11.9 Å². The average molecular weight is 243 g/mol. The van der Waals surface area contributed by atoms with Crippen LogP contribution in [-0.4, -0.2) is 49.2 Å². The van der Waals surface area contributed by atoms with Crippen molar-refractivity contribution in [1.29, 1.82) is 0 Å². The van der Waals surface area contributed by atoms with Gasteiger partial charge in [0.1, 0.15) is 0 Å². The molecule has 5 heteroatoms. The number of hydrogen-bond donors (Lipinski definition) is 1. The minimum Gasteiger partial charge on any atom is -0.481 e. The second kappa shape index (κ2) is 5.49. The van der Waals surface area contributed by atoms with Gasteiger partial charge in [-0.1, -0.05) is 6.92 Å². The monoisotopic (exact) mass is 243 g/mol. The van der Waals surface area contributed by atoms with Crippen LogP contribution in [-0.2, 0) is 14.3 Å². The smallest absolute Gasteiger partial charge is 0.308 e. The fourth-order valence-electron chi connectivity index (χ4n) is 2.00. The van der Waals surface area contributed by atoms with E-state index in [-0.39, 0.29) is 17.9 Å². The molecule has 0 spiro atoms. The van der Waals surface area contributed by atoms with Gasteiger partial charge in [0.2, 0.25) is 5.91 Å². The van der Waals surface area contributed by atoms with E-state index >= 15 is 0 Å². The van der Waals surface area contributed by atoms with E-state index in [0.29, 0.717) is 6.61 Å². The summed E-state index contributed by atoms with van der Waals surface area (Å²) >= 11 is 0. The van der Waals surface area contributed by atoms with Crippen LogP contribution in [0.25, 0.3) is 0 Å². The molecule has 1 N–H and O–H groups in total. The first-order valence-corrected chi connectivity index (χ1v) is 5.90. The Balaban J connectivity index is 2.49. The molecule has 1 aliphatic rings. The van der Waals surface area contributed by atoms with Crippen molar-refractivity contribution in [2.75, 3.05) is 27.3 Å². The zero-order valence-corrected chi connectivity index (χ0v) is 10.7. The van der Waals surface area contributed by atoms with Crippen molar-refractivity contribution in [3.8, 4) is 0 Å². The molecule has 0 saturated heterocycles. The lowest BCUT2D eigenvalue weighted by Gasteiger charge is -2.24. The third-order valence-electron chi connectivity index (χ3n) is 3.41. The summed E-state index contributed by atoms with van der Waals surface area (Å²) in [5.74, 6) is -1.34. The van der Waals surface area contributed by atoms with E-state index in [0.717, 1.165) is 19.3 Å². The number of ether oxygens (including phenoxy) is 1. The minimum atomic E-state index is -0.869. The Morgan fingerprint density at radius 3 is 2.47 bits per heavy atom. The summed E-state index contributed by atoms with van der Waals surface area (Å²) in [5.41, 5.74) is -0.275. The topological polar surface area (TPSA) is 66.8 Å². The number of carboxylic acid groups (broad SMARTS) is 1. The molecule has 1 aliphatic carbocycles. The van der Waals surface area contributed by atoms with Crippen LogP contribution >= 0.6 is 0 Å². The maximum absolute atomic E-state index is 12.2. The van der Waals surface area contributed by atoms with Crippen LogP contribution in [0.3, 0.4) is 0 Å². The van der Waals surface area contributed by atoms with Gasteiger partial charge in [0.25, 0.3) is 0 Å². The Morgan fingerprint density at radius 2 is 2.06 bits per heavy atom. The molecule has 1 fully saturated rings. The van der Waals surface area contributed by atoms with Crippen LogP contribution in [0.15, 0.2) is 0 Å². The van der Waals surface area contributed by atoms with Crippen LogP contribution < -0.4 is 0 Å². The fourth-order valence-corrected chi connectivity index (χ4v) is 2.00. The molecule has 0 aromatic heterocycles. The lowest BCUT2D eigenvalue weighted by Crippen LogP contribution is -2.39. The van der Waals surface area contributed by atoms with Crippen molar-refractivity contribution in [1.82, 2.24) is 4.90 Å². The molecular formula is C12H21NO4. The maximum atomic E-state index is 12.2. The van der Waals surface area contributed by atoms with E-state index in [1.807, 2.05) is 0 Å². The summed E-state index contributed by atoms with van der Waals surface area (Å²) < 4.78 is 5.00. The van der Waals surface area contributed by atoms with Crippen molar-refractivity contribution in [3.05, 3.63) is 0 Å². The first kappa shape index (κ1) is 14.0. The molecule has 5 nitrogen and oxygen atoms in total. The van der Waals surface area contributed by atoms with Gasteiger partial charge in [-0.25, -0.2) is 0 Å². The zero-order chi connectivity index (χ0) is 13.1. The van der Waals surface area contributed by atoms with Gasteiger partial charge < -0.3 is 14.7 Å². The lowest BCUT2D eigenvalue weighted by atomic mass is 10.0. The van der Waals surface area contributed by atoms with E-state index in [9.17, 15) is 9.59 Å². The van der Waals surface area contributed by atoms with Gasteiger partial charge in [-0.15, -0.1) is 0 Å².